The molecule has 0 saturated heterocycles. The average molecular weight is 549 g/mol. The van der Waals surface area contributed by atoms with E-state index in [1.54, 1.807) is 23.1 Å². The number of rotatable bonds is 8. The minimum Gasteiger partial charge on any atom is -0.382 e. The summed E-state index contributed by atoms with van der Waals surface area (Å²) in [5, 5.41) is 25.0. The molecule has 1 atom stereocenters. The molecule has 2 heterocycles. The minimum absolute atomic E-state index is 0. The maximum Gasteiger partial charge on any atom is 0.190 e. The Morgan fingerprint density at radius 1 is 1.29 bits per heavy atom. The van der Waals surface area contributed by atoms with Crippen LogP contribution in [0.25, 0.3) is 5.69 Å². The maximum atomic E-state index is 9.52. The molecule has 0 aliphatic rings. The number of benzene rings is 1. The van der Waals surface area contributed by atoms with Crippen molar-refractivity contribution in [3.63, 3.8) is 0 Å². The Morgan fingerprint density at radius 3 is 2.71 bits per heavy atom. The van der Waals surface area contributed by atoms with Crippen LogP contribution in [0.15, 0.2) is 52.2 Å². The number of nitriles is 1. The molecule has 0 fully saturated rings. The monoisotopic (exact) mass is 549 g/mol. The first-order valence-corrected chi connectivity index (χ1v) is 10.9. The summed E-state index contributed by atoms with van der Waals surface area (Å²) in [7, 11) is 1.76. The van der Waals surface area contributed by atoms with Crippen LogP contribution in [0.5, 0.6) is 0 Å². The second-order valence-electron chi connectivity index (χ2n) is 7.01. The minimum atomic E-state index is 0. The Morgan fingerprint density at radius 2 is 2.06 bits per heavy atom. The van der Waals surface area contributed by atoms with Gasteiger partial charge >= 0.3 is 0 Å². The van der Waals surface area contributed by atoms with Crippen LogP contribution in [-0.2, 0) is 6.42 Å². The molecule has 3 aromatic rings. The number of thiophene rings is 1. The van der Waals surface area contributed by atoms with Crippen LogP contribution >= 0.6 is 35.3 Å². The molecule has 1 unspecified atom stereocenters. The maximum absolute atomic E-state index is 9.52. The predicted octanol–water partition coefficient (Wildman–Crippen LogP) is 3.91. The van der Waals surface area contributed by atoms with E-state index in [2.05, 4.69) is 50.5 Å². The molecule has 31 heavy (non-hydrogen) atoms. The standard InChI is InChI=1S/C22H27N7S.HI/c1-16(17-10-12-30-15-17)14-27-22(25-2)26-11-6-9-20-19(13-23)21(24)29(28-20)18-7-4-3-5-8-18;/h3-5,7-8,10,12,15-16H,6,9,11,14,24H2,1-2H3,(H2,25,26,27);1H. The lowest BCUT2D eigenvalue weighted by Crippen LogP contribution is -2.39. The average Bonchev–Trinajstić information content (AvgIpc) is 3.42. The van der Waals surface area contributed by atoms with Gasteiger partial charge in [0.05, 0.1) is 11.4 Å². The molecular formula is C22H28IN7S. The van der Waals surface area contributed by atoms with Crippen LogP contribution in [0.2, 0.25) is 0 Å². The molecule has 7 nitrogen and oxygen atoms in total. The van der Waals surface area contributed by atoms with Gasteiger partial charge in [0.15, 0.2) is 5.96 Å². The highest BCUT2D eigenvalue weighted by atomic mass is 127. The molecular weight excluding hydrogens is 521 g/mol. The van der Waals surface area contributed by atoms with Gasteiger partial charge in [-0.25, -0.2) is 4.68 Å². The Hall–Kier alpha value is -2.58. The molecule has 0 aliphatic heterocycles. The first-order chi connectivity index (χ1) is 14.6. The van der Waals surface area contributed by atoms with Crippen molar-refractivity contribution in [1.82, 2.24) is 20.4 Å². The van der Waals surface area contributed by atoms with Gasteiger partial charge in [0.2, 0.25) is 0 Å². The van der Waals surface area contributed by atoms with Gasteiger partial charge in [-0.05, 0) is 53.3 Å². The van der Waals surface area contributed by atoms with Gasteiger partial charge in [0.25, 0.3) is 0 Å². The largest absolute Gasteiger partial charge is 0.382 e. The van der Waals surface area contributed by atoms with E-state index in [0.29, 0.717) is 23.7 Å². The summed E-state index contributed by atoms with van der Waals surface area (Å²) in [6.45, 7) is 3.72. The molecule has 9 heteroatoms. The smallest absolute Gasteiger partial charge is 0.190 e. The Kier molecular flexibility index (Phi) is 9.81. The van der Waals surface area contributed by atoms with E-state index < -0.39 is 0 Å². The van der Waals surface area contributed by atoms with E-state index in [0.717, 1.165) is 36.9 Å². The first kappa shape index (κ1) is 24.7. The molecule has 3 rings (SSSR count). The molecule has 2 aromatic heterocycles. The van der Waals surface area contributed by atoms with Crippen molar-refractivity contribution < 1.29 is 0 Å². The van der Waals surface area contributed by atoms with Crippen molar-refractivity contribution in [2.45, 2.75) is 25.7 Å². The summed E-state index contributed by atoms with van der Waals surface area (Å²) in [6, 6.07) is 14.0. The molecule has 0 radical (unpaired) electrons. The zero-order chi connectivity index (χ0) is 21.3. The number of aromatic nitrogens is 2. The fourth-order valence-electron chi connectivity index (χ4n) is 3.15. The highest BCUT2D eigenvalue weighted by Gasteiger charge is 2.16. The Balaban J connectivity index is 0.00000341. The summed E-state index contributed by atoms with van der Waals surface area (Å²) in [5.74, 6) is 1.57. The number of nitrogen functional groups attached to an aromatic ring is 1. The molecule has 1 aromatic carbocycles. The van der Waals surface area contributed by atoms with E-state index in [1.165, 1.54) is 5.56 Å². The lowest BCUT2D eigenvalue weighted by Gasteiger charge is -2.15. The number of hydrogen-bond donors (Lipinski definition) is 3. The number of anilines is 1. The number of hydrogen-bond acceptors (Lipinski definition) is 5. The van der Waals surface area contributed by atoms with Crippen molar-refractivity contribution >= 4 is 47.1 Å². The number of nitrogens with one attached hydrogen (secondary N) is 2. The molecule has 0 saturated carbocycles. The molecule has 4 N–H and O–H groups in total. The number of guanidine groups is 1. The third-order valence-corrected chi connectivity index (χ3v) is 5.60. The van der Waals surface area contributed by atoms with Gasteiger partial charge < -0.3 is 16.4 Å². The van der Waals surface area contributed by atoms with E-state index >= 15 is 0 Å². The third kappa shape index (κ3) is 6.45. The number of halogens is 1. The summed E-state index contributed by atoms with van der Waals surface area (Å²) in [4.78, 5) is 4.28. The fourth-order valence-corrected chi connectivity index (χ4v) is 3.93. The van der Waals surface area contributed by atoms with Crippen molar-refractivity contribution in [2.24, 2.45) is 4.99 Å². The molecule has 0 aliphatic carbocycles. The molecule has 0 amide bonds. The topological polar surface area (TPSA) is 104 Å². The number of aryl methyl sites for hydroxylation is 1. The van der Waals surface area contributed by atoms with Crippen LogP contribution in [-0.4, -0.2) is 35.9 Å². The Labute approximate surface area is 204 Å². The molecule has 0 spiro atoms. The Bertz CT molecular complexity index is 1010. The van der Waals surface area contributed by atoms with Crippen LogP contribution in [0, 0.1) is 11.3 Å². The van der Waals surface area contributed by atoms with Crippen LogP contribution in [0.4, 0.5) is 5.82 Å². The number of nitrogens with two attached hydrogens (primary N) is 1. The van der Waals surface area contributed by atoms with Gasteiger partial charge in [-0.1, -0.05) is 25.1 Å². The number of aliphatic imine (C=N–C) groups is 1. The van der Waals surface area contributed by atoms with E-state index in [4.69, 9.17) is 5.73 Å². The summed E-state index contributed by atoms with van der Waals surface area (Å²) in [6.07, 6.45) is 1.46. The second-order valence-corrected chi connectivity index (χ2v) is 7.79. The quantitative estimate of drug-likeness (QED) is 0.171. The highest BCUT2D eigenvalue weighted by molar-refractivity contribution is 14.0. The fraction of sp³-hybridized carbons (Fsp3) is 0.318. The lowest BCUT2D eigenvalue weighted by atomic mass is 10.1. The van der Waals surface area contributed by atoms with E-state index in [-0.39, 0.29) is 24.0 Å². The first-order valence-electron chi connectivity index (χ1n) is 9.93. The summed E-state index contributed by atoms with van der Waals surface area (Å²) >= 11 is 1.71. The SMILES string of the molecule is CN=C(NCCCc1nn(-c2ccccc2)c(N)c1C#N)NCC(C)c1ccsc1.I. The van der Waals surface area contributed by atoms with Crippen molar-refractivity contribution in [1.29, 1.82) is 5.26 Å². The zero-order valence-corrected chi connectivity index (χ0v) is 20.9. The molecule has 0 bridgehead atoms. The van der Waals surface area contributed by atoms with Crippen LogP contribution in [0.1, 0.15) is 36.1 Å². The highest BCUT2D eigenvalue weighted by Crippen LogP contribution is 2.21. The number of para-hydroxylation sites is 1. The van der Waals surface area contributed by atoms with Crippen LogP contribution in [0.3, 0.4) is 0 Å². The second kappa shape index (κ2) is 12.3. The normalized spacial score (nSPS) is 12.0. The van der Waals surface area contributed by atoms with E-state index in [9.17, 15) is 5.26 Å². The zero-order valence-electron chi connectivity index (χ0n) is 17.7. The lowest BCUT2D eigenvalue weighted by molar-refractivity contribution is 0.685. The summed E-state index contributed by atoms with van der Waals surface area (Å²) < 4.78 is 1.63. The van der Waals surface area contributed by atoms with Gasteiger partial charge in [-0.3, -0.25) is 4.99 Å². The van der Waals surface area contributed by atoms with Crippen molar-refractivity contribution in [3.8, 4) is 11.8 Å². The molecule has 164 valence electrons. The van der Waals surface area contributed by atoms with Gasteiger partial charge in [-0.2, -0.15) is 21.7 Å². The van der Waals surface area contributed by atoms with E-state index in [1.807, 2.05) is 30.3 Å². The third-order valence-electron chi connectivity index (χ3n) is 4.90. The van der Waals surface area contributed by atoms with Crippen molar-refractivity contribution in [3.05, 3.63) is 64.0 Å². The van der Waals surface area contributed by atoms with Gasteiger partial charge in [0, 0.05) is 20.1 Å². The predicted molar refractivity (Wildman–Crippen MR) is 139 cm³/mol. The van der Waals surface area contributed by atoms with Crippen LogP contribution < -0.4 is 16.4 Å². The van der Waals surface area contributed by atoms with Crippen molar-refractivity contribution in [2.75, 3.05) is 25.9 Å². The van der Waals surface area contributed by atoms with Gasteiger partial charge in [-0.15, -0.1) is 24.0 Å². The number of nitrogens with zero attached hydrogens (tertiary/aromatic N) is 4. The van der Waals surface area contributed by atoms with Gasteiger partial charge in [0.1, 0.15) is 17.5 Å². The summed E-state index contributed by atoms with van der Waals surface area (Å²) in [5.41, 5.74) is 9.51.